The molecule has 0 N–H and O–H groups in total. The summed E-state index contributed by atoms with van der Waals surface area (Å²) >= 11 is 0. The summed E-state index contributed by atoms with van der Waals surface area (Å²) in [6.45, 7) is 14.0. The second kappa shape index (κ2) is 11.0. The van der Waals surface area contributed by atoms with Gasteiger partial charge in [0.25, 0.3) is 0 Å². The molecule has 0 nitrogen and oxygen atoms in total. The first-order valence-electron chi connectivity index (χ1n) is 15.6. The molecule has 0 aliphatic rings. The van der Waals surface area contributed by atoms with Crippen LogP contribution in [0.15, 0.2) is 121 Å². The Morgan fingerprint density at radius 3 is 0.727 bits per heavy atom. The van der Waals surface area contributed by atoms with Crippen LogP contribution in [0.1, 0.15) is 33.4 Å². The lowest BCUT2D eigenvalue weighted by Gasteiger charge is -2.28. The first-order chi connectivity index (χ1) is 21.4. The number of aryl methyl sites for hydroxylation is 4. The molecule has 0 saturated carbocycles. The average Bonchev–Trinajstić information content (AvgIpc) is 3.07. The van der Waals surface area contributed by atoms with Crippen molar-refractivity contribution in [2.24, 2.45) is 0 Å². The van der Waals surface area contributed by atoms with E-state index in [2.05, 4.69) is 163 Å². The smallest absolute Gasteiger partial charge is 0.00205 e. The SMILES string of the molecule is Cc1c(-c2ccccc2)c(C)c2c(-c3ccccc3)c3c(C)c(C)c(-c4ccccc4)c(C)c3c(-c3ccccc3)c2c1C. The van der Waals surface area contributed by atoms with Crippen LogP contribution in [0.3, 0.4) is 0 Å². The van der Waals surface area contributed by atoms with Gasteiger partial charge in [-0.25, -0.2) is 0 Å². The highest BCUT2D eigenvalue weighted by atomic mass is 14.3. The Kier molecular flexibility index (Phi) is 6.94. The molecule has 44 heavy (non-hydrogen) atoms. The summed E-state index contributed by atoms with van der Waals surface area (Å²) in [5, 5.41) is 5.45. The zero-order valence-electron chi connectivity index (χ0n) is 26.5. The molecule has 0 amide bonds. The van der Waals surface area contributed by atoms with Gasteiger partial charge in [0.05, 0.1) is 0 Å². The van der Waals surface area contributed by atoms with E-state index in [-0.39, 0.29) is 0 Å². The highest BCUT2D eigenvalue weighted by Crippen LogP contribution is 2.52. The molecule has 7 aromatic carbocycles. The van der Waals surface area contributed by atoms with Gasteiger partial charge in [-0.2, -0.15) is 0 Å². The van der Waals surface area contributed by atoms with Crippen molar-refractivity contribution >= 4 is 21.5 Å². The number of hydrogen-bond donors (Lipinski definition) is 0. The van der Waals surface area contributed by atoms with Crippen molar-refractivity contribution in [2.75, 3.05) is 0 Å². The van der Waals surface area contributed by atoms with Crippen molar-refractivity contribution in [3.8, 4) is 44.5 Å². The zero-order valence-corrected chi connectivity index (χ0v) is 26.5. The van der Waals surface area contributed by atoms with Crippen LogP contribution in [-0.2, 0) is 0 Å². The van der Waals surface area contributed by atoms with Crippen LogP contribution >= 0.6 is 0 Å². The summed E-state index contributed by atoms with van der Waals surface area (Å²) in [5.74, 6) is 0. The fourth-order valence-electron chi connectivity index (χ4n) is 7.68. The van der Waals surface area contributed by atoms with Crippen molar-refractivity contribution in [3.05, 3.63) is 155 Å². The van der Waals surface area contributed by atoms with Crippen LogP contribution in [0.25, 0.3) is 66.1 Å². The molecule has 214 valence electrons. The van der Waals surface area contributed by atoms with Gasteiger partial charge in [-0.1, -0.05) is 121 Å². The number of hydrogen-bond acceptors (Lipinski definition) is 0. The van der Waals surface area contributed by atoms with Crippen molar-refractivity contribution in [1.82, 2.24) is 0 Å². The first kappa shape index (κ1) is 27.9. The maximum absolute atomic E-state index is 2.34. The van der Waals surface area contributed by atoms with Crippen LogP contribution in [0.2, 0.25) is 0 Å². The Balaban J connectivity index is 1.83. The number of fused-ring (bicyclic) bond motifs is 2. The van der Waals surface area contributed by atoms with E-state index in [9.17, 15) is 0 Å². The fraction of sp³-hybridized carbons (Fsp3) is 0.136. The normalized spacial score (nSPS) is 11.4. The topological polar surface area (TPSA) is 0 Å². The summed E-state index contributed by atoms with van der Waals surface area (Å²) in [6.07, 6.45) is 0. The molecule has 0 heterocycles. The third-order valence-corrected chi connectivity index (χ3v) is 9.87. The van der Waals surface area contributed by atoms with Crippen molar-refractivity contribution in [1.29, 1.82) is 0 Å². The summed E-state index contributed by atoms with van der Waals surface area (Å²) in [5.41, 5.74) is 18.5. The Morgan fingerprint density at radius 1 is 0.227 bits per heavy atom. The van der Waals surface area contributed by atoms with Crippen molar-refractivity contribution < 1.29 is 0 Å². The van der Waals surface area contributed by atoms with Gasteiger partial charge in [-0.15, -0.1) is 0 Å². The number of rotatable bonds is 4. The van der Waals surface area contributed by atoms with Gasteiger partial charge in [0.1, 0.15) is 0 Å². The van der Waals surface area contributed by atoms with E-state index in [0.717, 1.165) is 0 Å². The fourth-order valence-corrected chi connectivity index (χ4v) is 7.68. The van der Waals surface area contributed by atoms with E-state index in [1.165, 1.54) is 99.4 Å². The molecular formula is C44H38. The van der Waals surface area contributed by atoms with E-state index in [1.807, 2.05) is 0 Å². The zero-order chi connectivity index (χ0) is 30.5. The van der Waals surface area contributed by atoms with Gasteiger partial charge < -0.3 is 0 Å². The number of benzene rings is 7. The monoisotopic (exact) mass is 566 g/mol. The van der Waals surface area contributed by atoms with Gasteiger partial charge >= 0.3 is 0 Å². The average molecular weight is 567 g/mol. The molecule has 0 aromatic heterocycles. The maximum Gasteiger partial charge on any atom is -0.00205 e. The predicted molar refractivity (Wildman–Crippen MR) is 192 cm³/mol. The van der Waals surface area contributed by atoms with E-state index in [1.54, 1.807) is 0 Å². The maximum atomic E-state index is 2.34. The Bertz CT molecular complexity index is 2010. The summed E-state index contributed by atoms with van der Waals surface area (Å²) in [7, 11) is 0. The second-order valence-electron chi connectivity index (χ2n) is 12.2. The minimum atomic E-state index is 1.27. The first-order valence-corrected chi connectivity index (χ1v) is 15.6. The van der Waals surface area contributed by atoms with Crippen molar-refractivity contribution in [2.45, 2.75) is 41.5 Å². The highest BCUT2D eigenvalue weighted by Gasteiger charge is 2.27. The third-order valence-electron chi connectivity index (χ3n) is 9.87. The molecule has 0 aliphatic carbocycles. The summed E-state index contributed by atoms with van der Waals surface area (Å²) in [4.78, 5) is 0. The standard InChI is InChI=1S/C44H38/c1-27-29(3)39-41(31(5)37(27)33-19-11-7-12-20-33)44(36-25-17-10-18-26-36)40-30(4)28(2)38(34-21-13-8-14-22-34)32(6)42(40)43(39)35-23-15-9-16-24-35/h7-26H,1-6H3. The Hall–Kier alpha value is -4.94. The lowest BCUT2D eigenvalue weighted by atomic mass is 9.75. The van der Waals surface area contributed by atoms with Crippen LogP contribution in [0.5, 0.6) is 0 Å². The highest BCUT2D eigenvalue weighted by molar-refractivity contribution is 6.26. The van der Waals surface area contributed by atoms with E-state index in [4.69, 9.17) is 0 Å². The van der Waals surface area contributed by atoms with Crippen LogP contribution in [0.4, 0.5) is 0 Å². The molecule has 0 saturated heterocycles. The minimum Gasteiger partial charge on any atom is -0.0622 e. The minimum absolute atomic E-state index is 1.27. The molecule has 7 aromatic rings. The Morgan fingerprint density at radius 2 is 0.455 bits per heavy atom. The largest absolute Gasteiger partial charge is 0.0622 e. The van der Waals surface area contributed by atoms with Crippen LogP contribution in [0, 0.1) is 41.5 Å². The molecule has 0 radical (unpaired) electrons. The van der Waals surface area contributed by atoms with Gasteiger partial charge in [0, 0.05) is 0 Å². The van der Waals surface area contributed by atoms with Gasteiger partial charge in [-0.3, -0.25) is 0 Å². The molecule has 0 heteroatoms. The predicted octanol–water partition coefficient (Wildman–Crippen LogP) is 12.5. The van der Waals surface area contributed by atoms with E-state index >= 15 is 0 Å². The molecule has 0 unspecified atom stereocenters. The van der Waals surface area contributed by atoms with Gasteiger partial charge in [0.2, 0.25) is 0 Å². The second-order valence-corrected chi connectivity index (χ2v) is 12.2. The van der Waals surface area contributed by atoms with E-state index in [0.29, 0.717) is 0 Å². The van der Waals surface area contributed by atoms with Gasteiger partial charge in [0.15, 0.2) is 0 Å². The van der Waals surface area contributed by atoms with E-state index < -0.39 is 0 Å². The third kappa shape index (κ3) is 4.20. The summed E-state index contributed by atoms with van der Waals surface area (Å²) in [6, 6.07) is 44.0. The molecule has 0 spiro atoms. The van der Waals surface area contributed by atoms with Crippen LogP contribution in [-0.4, -0.2) is 0 Å². The van der Waals surface area contributed by atoms with Crippen LogP contribution < -0.4 is 0 Å². The van der Waals surface area contributed by atoms with Gasteiger partial charge in [-0.05, 0) is 141 Å². The Labute approximate surface area is 261 Å². The van der Waals surface area contributed by atoms with Crippen molar-refractivity contribution in [3.63, 3.8) is 0 Å². The molecule has 0 atom stereocenters. The molecule has 0 fully saturated rings. The lowest BCUT2D eigenvalue weighted by Crippen LogP contribution is -2.04. The molecular weight excluding hydrogens is 528 g/mol. The molecule has 0 aliphatic heterocycles. The lowest BCUT2D eigenvalue weighted by molar-refractivity contribution is 1.33. The quantitative estimate of drug-likeness (QED) is 0.186. The molecule has 7 rings (SSSR count). The summed E-state index contributed by atoms with van der Waals surface area (Å²) < 4.78 is 0. The molecule has 0 bridgehead atoms.